The lowest BCUT2D eigenvalue weighted by molar-refractivity contribution is -0.0330. The van der Waals surface area contributed by atoms with Gasteiger partial charge in [0.1, 0.15) is 0 Å². The van der Waals surface area contributed by atoms with E-state index in [0.717, 1.165) is 30.0 Å². The highest BCUT2D eigenvalue weighted by atomic mass is 79.9. The lowest BCUT2D eigenvalue weighted by Gasteiger charge is -2.60. The van der Waals surface area contributed by atoms with E-state index in [4.69, 9.17) is 0 Å². The van der Waals surface area contributed by atoms with Gasteiger partial charge in [0.05, 0.1) is 6.26 Å². The molecular formula is C16H21BrN2O2S. The van der Waals surface area contributed by atoms with E-state index in [1.807, 2.05) is 0 Å². The lowest BCUT2D eigenvalue weighted by Crippen LogP contribution is -2.74. The third kappa shape index (κ3) is 2.64. The Morgan fingerprint density at radius 2 is 1.73 bits per heavy atom. The van der Waals surface area contributed by atoms with Gasteiger partial charge in [0.2, 0.25) is 10.0 Å². The first-order valence-electron chi connectivity index (χ1n) is 7.90. The van der Waals surface area contributed by atoms with Crippen molar-refractivity contribution in [2.24, 2.45) is 5.92 Å². The molecule has 0 amide bonds. The largest absolute Gasteiger partial charge is 0.300 e. The Morgan fingerprint density at radius 3 is 2.23 bits per heavy atom. The van der Waals surface area contributed by atoms with Crippen LogP contribution in [0.5, 0.6) is 0 Å². The van der Waals surface area contributed by atoms with Crippen molar-refractivity contribution in [3.63, 3.8) is 0 Å². The van der Waals surface area contributed by atoms with Crippen molar-refractivity contribution in [1.29, 1.82) is 0 Å². The molecule has 0 N–H and O–H groups in total. The number of sulfonamides is 1. The zero-order valence-electron chi connectivity index (χ0n) is 12.7. The molecule has 4 nitrogen and oxygen atoms in total. The number of benzene rings is 1. The van der Waals surface area contributed by atoms with Gasteiger partial charge in [-0.1, -0.05) is 28.1 Å². The first kappa shape index (κ1) is 15.1. The molecule has 4 fully saturated rings. The third-order valence-corrected chi connectivity index (χ3v) is 7.06. The summed E-state index contributed by atoms with van der Waals surface area (Å²) >= 11 is 3.47. The van der Waals surface area contributed by atoms with E-state index in [1.54, 1.807) is 4.31 Å². The highest BCUT2D eigenvalue weighted by Crippen LogP contribution is 2.47. The van der Waals surface area contributed by atoms with Crippen LogP contribution in [0.1, 0.15) is 24.3 Å². The maximum absolute atomic E-state index is 12.1. The third-order valence-electron chi connectivity index (χ3n) is 5.22. The molecule has 2 bridgehead atoms. The first-order chi connectivity index (χ1) is 10.4. The molecule has 22 heavy (non-hydrogen) atoms. The molecule has 1 aromatic carbocycles. The van der Waals surface area contributed by atoms with Gasteiger partial charge in [-0.3, -0.25) is 4.90 Å². The topological polar surface area (TPSA) is 40.6 Å². The van der Waals surface area contributed by atoms with Crippen LogP contribution >= 0.6 is 15.9 Å². The molecule has 5 rings (SSSR count). The zero-order valence-corrected chi connectivity index (χ0v) is 15.1. The highest BCUT2D eigenvalue weighted by molar-refractivity contribution is 9.10. The van der Waals surface area contributed by atoms with Gasteiger partial charge in [-0.05, 0) is 36.5 Å². The van der Waals surface area contributed by atoms with Gasteiger partial charge in [-0.15, -0.1) is 0 Å². The van der Waals surface area contributed by atoms with Crippen molar-refractivity contribution in [2.75, 3.05) is 25.9 Å². The monoisotopic (exact) mass is 384 g/mol. The zero-order chi connectivity index (χ0) is 15.5. The van der Waals surface area contributed by atoms with Gasteiger partial charge >= 0.3 is 0 Å². The molecule has 3 saturated heterocycles. The fraction of sp³-hybridized carbons (Fsp3) is 0.625. The Bertz CT molecular complexity index is 658. The number of rotatable bonds is 4. The predicted octanol–water partition coefficient (Wildman–Crippen LogP) is 2.27. The maximum Gasteiger partial charge on any atom is 0.211 e. The summed E-state index contributed by atoms with van der Waals surface area (Å²) in [4.78, 5) is 2.48. The fourth-order valence-corrected chi connectivity index (χ4v) is 5.79. The second-order valence-corrected chi connectivity index (χ2v) is 9.77. The number of halogens is 1. The Labute approximate surface area is 140 Å². The predicted molar refractivity (Wildman–Crippen MR) is 90.3 cm³/mol. The van der Waals surface area contributed by atoms with Crippen molar-refractivity contribution in [1.82, 2.24) is 9.21 Å². The molecule has 1 aromatic rings. The van der Waals surface area contributed by atoms with Gasteiger partial charge in [-0.25, -0.2) is 8.42 Å². The molecular weight excluding hydrogens is 364 g/mol. The molecule has 0 aromatic heterocycles. The second kappa shape index (κ2) is 5.30. The average molecular weight is 385 g/mol. The van der Waals surface area contributed by atoms with E-state index < -0.39 is 10.0 Å². The van der Waals surface area contributed by atoms with Crippen LogP contribution in [0.2, 0.25) is 0 Å². The second-order valence-electron chi connectivity index (χ2n) is 6.97. The molecule has 1 saturated carbocycles. The average Bonchev–Trinajstić information content (AvgIpc) is 3.23. The Kier molecular flexibility index (Phi) is 3.64. The van der Waals surface area contributed by atoms with Gasteiger partial charge in [0, 0.05) is 42.1 Å². The molecule has 1 aliphatic carbocycles. The molecule has 1 unspecified atom stereocenters. The van der Waals surface area contributed by atoms with E-state index in [1.165, 1.54) is 24.7 Å². The summed E-state index contributed by atoms with van der Waals surface area (Å²) < 4.78 is 27.0. The Hall–Kier alpha value is -0.430. The summed E-state index contributed by atoms with van der Waals surface area (Å²) in [5.41, 5.74) is 1.27. The number of piperidine rings is 1. The van der Waals surface area contributed by atoms with Gasteiger partial charge in [0.15, 0.2) is 0 Å². The molecule has 4 aliphatic rings. The SMILES string of the molecule is CS(=O)(=O)N1[C@@H]2CN(CC3CC3)C[C@H]1C2c1ccc(Br)cc1. The van der Waals surface area contributed by atoms with Gasteiger partial charge in [0.25, 0.3) is 0 Å². The lowest BCUT2D eigenvalue weighted by atomic mass is 9.74. The van der Waals surface area contributed by atoms with E-state index in [2.05, 4.69) is 45.1 Å². The summed E-state index contributed by atoms with van der Waals surface area (Å²) in [6.45, 7) is 2.90. The van der Waals surface area contributed by atoms with E-state index in [9.17, 15) is 8.42 Å². The van der Waals surface area contributed by atoms with E-state index in [0.29, 0.717) is 5.92 Å². The molecule has 3 heterocycles. The Morgan fingerprint density at radius 1 is 1.14 bits per heavy atom. The van der Waals surface area contributed by atoms with Crippen LogP contribution in [0.4, 0.5) is 0 Å². The quantitative estimate of drug-likeness (QED) is 0.799. The van der Waals surface area contributed by atoms with Crippen molar-refractivity contribution in [3.8, 4) is 0 Å². The standard InChI is InChI=1S/C16H21BrN2O2S/c1-22(20,21)19-14-9-18(8-11-2-3-11)10-15(19)16(14)12-4-6-13(17)7-5-12/h4-7,11,14-16H,2-3,8-10H2,1H3/t14-,15+,16?. The summed E-state index contributed by atoms with van der Waals surface area (Å²) in [5, 5.41) is 0. The molecule has 3 aliphatic heterocycles. The van der Waals surface area contributed by atoms with Crippen LogP contribution in [0.25, 0.3) is 0 Å². The first-order valence-corrected chi connectivity index (χ1v) is 10.5. The highest BCUT2D eigenvalue weighted by Gasteiger charge is 2.57. The molecule has 0 radical (unpaired) electrons. The van der Waals surface area contributed by atoms with Crippen molar-refractivity contribution in [3.05, 3.63) is 34.3 Å². The normalized spacial score (nSPS) is 32.7. The number of hydrogen-bond acceptors (Lipinski definition) is 3. The van der Waals surface area contributed by atoms with Crippen LogP contribution in [0, 0.1) is 5.92 Å². The van der Waals surface area contributed by atoms with Crippen LogP contribution in [0.15, 0.2) is 28.7 Å². The molecule has 0 spiro atoms. The molecule has 120 valence electrons. The number of nitrogens with zero attached hydrogens (tertiary/aromatic N) is 2. The van der Waals surface area contributed by atoms with Crippen LogP contribution < -0.4 is 0 Å². The summed E-state index contributed by atoms with van der Waals surface area (Å²) in [7, 11) is -3.11. The van der Waals surface area contributed by atoms with Gasteiger partial charge in [-0.2, -0.15) is 4.31 Å². The van der Waals surface area contributed by atoms with Crippen molar-refractivity contribution >= 4 is 26.0 Å². The number of fused-ring (bicyclic) bond motifs is 2. The summed E-state index contributed by atoms with van der Waals surface area (Å²) in [6.07, 6.45) is 4.04. The van der Waals surface area contributed by atoms with E-state index in [-0.39, 0.29) is 12.1 Å². The fourth-order valence-electron chi connectivity index (χ4n) is 4.14. The summed E-state index contributed by atoms with van der Waals surface area (Å²) in [6, 6.07) is 8.57. The van der Waals surface area contributed by atoms with Crippen LogP contribution in [0.3, 0.4) is 0 Å². The van der Waals surface area contributed by atoms with Gasteiger partial charge < -0.3 is 0 Å². The minimum atomic E-state index is -3.11. The maximum atomic E-state index is 12.1. The van der Waals surface area contributed by atoms with Crippen LogP contribution in [-0.2, 0) is 10.0 Å². The molecule has 3 atom stereocenters. The smallest absolute Gasteiger partial charge is 0.211 e. The van der Waals surface area contributed by atoms with Crippen molar-refractivity contribution in [2.45, 2.75) is 30.8 Å². The number of piperazine rings is 1. The Balaban J connectivity index is 1.57. The molecule has 6 heteroatoms. The van der Waals surface area contributed by atoms with E-state index >= 15 is 0 Å². The summed E-state index contributed by atoms with van der Waals surface area (Å²) in [5.74, 6) is 1.20. The number of hydrogen-bond donors (Lipinski definition) is 0. The minimum Gasteiger partial charge on any atom is -0.300 e. The van der Waals surface area contributed by atoms with Crippen molar-refractivity contribution < 1.29 is 8.42 Å². The van der Waals surface area contributed by atoms with Crippen LogP contribution in [-0.4, -0.2) is 55.6 Å². The minimum absolute atomic E-state index is 0.105.